The van der Waals surface area contributed by atoms with Gasteiger partial charge in [0.1, 0.15) is 34.5 Å². The van der Waals surface area contributed by atoms with Crippen LogP contribution in [0, 0.1) is 11.3 Å². The number of nitrogen functional groups attached to an aromatic ring is 1. The number of aromatic nitrogens is 3. The lowest BCUT2D eigenvalue weighted by atomic mass is 10.0. The number of hydrogen-bond donors (Lipinski definition) is 2. The minimum Gasteiger partial charge on any atom is -0.457 e. The number of pyridine rings is 1. The van der Waals surface area contributed by atoms with Crippen LogP contribution in [-0.4, -0.2) is 43.6 Å². The zero-order valence-electron chi connectivity index (χ0n) is 22.4. The second kappa shape index (κ2) is 10.7. The Bertz CT molecular complexity index is 1670. The van der Waals surface area contributed by atoms with E-state index in [2.05, 4.69) is 4.98 Å². The van der Waals surface area contributed by atoms with E-state index in [0.29, 0.717) is 47.6 Å². The van der Waals surface area contributed by atoms with Gasteiger partial charge in [-0.25, -0.2) is 9.78 Å². The van der Waals surface area contributed by atoms with Crippen molar-refractivity contribution in [1.29, 1.82) is 5.26 Å². The van der Waals surface area contributed by atoms with Crippen molar-refractivity contribution in [1.82, 2.24) is 19.0 Å². The van der Waals surface area contributed by atoms with Gasteiger partial charge in [-0.3, -0.25) is 13.9 Å². The number of ether oxygens (including phenoxy) is 1. The molecular weight excluding hydrogens is 506 g/mol. The van der Waals surface area contributed by atoms with E-state index in [1.807, 2.05) is 36.4 Å². The average molecular weight is 538 g/mol. The molecule has 1 aliphatic rings. The summed E-state index contributed by atoms with van der Waals surface area (Å²) in [7, 11) is 0. The molecule has 0 saturated carbocycles. The normalized spacial score (nSPS) is 16.1. The summed E-state index contributed by atoms with van der Waals surface area (Å²) in [5.41, 5.74) is 13.0. The number of hydrogen-bond acceptors (Lipinski definition) is 7. The molecule has 1 aliphatic heterocycles. The van der Waals surface area contributed by atoms with Gasteiger partial charge < -0.3 is 21.1 Å². The molecule has 10 heteroatoms. The lowest BCUT2D eigenvalue weighted by Crippen LogP contribution is -2.44. The Labute approximate surface area is 231 Å². The number of fused-ring (bicyclic) bond motifs is 1. The second-order valence-corrected chi connectivity index (χ2v) is 10.5. The Morgan fingerprint density at radius 3 is 2.50 bits per heavy atom. The highest BCUT2D eigenvalue weighted by atomic mass is 16.5. The zero-order chi connectivity index (χ0) is 28.4. The van der Waals surface area contributed by atoms with Crippen LogP contribution in [-0.2, 0) is 4.79 Å². The molecule has 0 bridgehead atoms. The topological polar surface area (TPSA) is 145 Å². The number of nitrogens with two attached hydrogens (primary N) is 2. The molecule has 10 nitrogen and oxygen atoms in total. The van der Waals surface area contributed by atoms with Crippen molar-refractivity contribution in [3.05, 3.63) is 89.0 Å². The number of amides is 1. The summed E-state index contributed by atoms with van der Waals surface area (Å²) in [4.78, 5) is 33.1. The van der Waals surface area contributed by atoms with Gasteiger partial charge in [0.25, 0.3) is 5.91 Å². The summed E-state index contributed by atoms with van der Waals surface area (Å²) in [6.45, 7) is 4.21. The number of carbonyl (C=O) groups is 1. The average Bonchev–Trinajstić information content (AvgIpc) is 3.25. The van der Waals surface area contributed by atoms with E-state index < -0.39 is 11.4 Å². The summed E-state index contributed by atoms with van der Waals surface area (Å²) < 4.78 is 9.13. The van der Waals surface area contributed by atoms with Crippen molar-refractivity contribution in [2.75, 3.05) is 18.8 Å². The molecular formula is C30H31N7O3. The molecule has 0 aliphatic carbocycles. The molecule has 2 aromatic heterocycles. The smallest absolute Gasteiger partial charge is 0.334 e. The van der Waals surface area contributed by atoms with E-state index in [1.165, 1.54) is 6.08 Å². The number of imidazole rings is 1. The Morgan fingerprint density at radius 2 is 1.82 bits per heavy atom. The molecule has 1 amide bonds. The molecule has 0 spiro atoms. The number of anilines is 1. The van der Waals surface area contributed by atoms with E-state index in [-0.39, 0.29) is 29.7 Å². The van der Waals surface area contributed by atoms with Crippen molar-refractivity contribution in [3.63, 3.8) is 0 Å². The SMILES string of the molecule is CC(C)(N)C=C(C#N)C(=O)N1CCCC(n2c(=O)n(-c3ccc(Oc4ccccc4)cc3)c3c(N)nccc32)C1. The molecule has 3 heterocycles. The van der Waals surface area contributed by atoms with Crippen LogP contribution >= 0.6 is 0 Å². The van der Waals surface area contributed by atoms with Crippen LogP contribution in [0.4, 0.5) is 5.82 Å². The number of likely N-dealkylation sites (tertiary alicyclic amines) is 1. The maximum Gasteiger partial charge on any atom is 0.334 e. The third-order valence-electron chi connectivity index (χ3n) is 6.80. The molecule has 1 fully saturated rings. The molecule has 0 radical (unpaired) electrons. The maximum atomic E-state index is 14.0. The first kappa shape index (κ1) is 26.7. The van der Waals surface area contributed by atoms with Gasteiger partial charge in [-0.2, -0.15) is 5.26 Å². The summed E-state index contributed by atoms with van der Waals surface area (Å²) in [6, 6.07) is 20.0. The van der Waals surface area contributed by atoms with Gasteiger partial charge in [0, 0.05) is 24.8 Å². The van der Waals surface area contributed by atoms with Crippen LogP contribution in [0.25, 0.3) is 16.7 Å². The second-order valence-electron chi connectivity index (χ2n) is 10.5. The van der Waals surface area contributed by atoms with E-state index in [1.54, 1.807) is 64.4 Å². The van der Waals surface area contributed by atoms with Crippen molar-refractivity contribution in [3.8, 4) is 23.3 Å². The Kier molecular flexibility index (Phi) is 7.15. The molecule has 40 heavy (non-hydrogen) atoms. The van der Waals surface area contributed by atoms with Gasteiger partial charge in [0.05, 0.1) is 17.2 Å². The van der Waals surface area contributed by atoms with Gasteiger partial charge in [0.2, 0.25) is 0 Å². The maximum absolute atomic E-state index is 14.0. The van der Waals surface area contributed by atoms with Crippen molar-refractivity contribution >= 4 is 22.8 Å². The van der Waals surface area contributed by atoms with Gasteiger partial charge in [-0.05, 0) is 75.2 Å². The predicted octanol–water partition coefficient (Wildman–Crippen LogP) is 3.91. The fourth-order valence-electron chi connectivity index (χ4n) is 5.10. The van der Waals surface area contributed by atoms with Crippen LogP contribution in [0.5, 0.6) is 11.5 Å². The molecule has 2 aromatic carbocycles. The molecule has 4 N–H and O–H groups in total. The Morgan fingerprint density at radius 1 is 1.12 bits per heavy atom. The van der Waals surface area contributed by atoms with Gasteiger partial charge in [0.15, 0.2) is 0 Å². The Balaban J connectivity index is 1.51. The first-order valence-electron chi connectivity index (χ1n) is 13.1. The van der Waals surface area contributed by atoms with Crippen LogP contribution in [0.1, 0.15) is 32.7 Å². The van der Waals surface area contributed by atoms with Crippen molar-refractivity contribution in [2.45, 2.75) is 38.3 Å². The third-order valence-corrected chi connectivity index (χ3v) is 6.80. The minimum absolute atomic E-state index is 0.00539. The quantitative estimate of drug-likeness (QED) is 0.280. The summed E-state index contributed by atoms with van der Waals surface area (Å²) in [6.07, 6.45) is 4.41. The molecule has 4 aromatic rings. The highest BCUT2D eigenvalue weighted by Gasteiger charge is 2.31. The van der Waals surface area contributed by atoms with Crippen LogP contribution in [0.2, 0.25) is 0 Å². The number of rotatable bonds is 6. The van der Waals surface area contributed by atoms with E-state index >= 15 is 0 Å². The molecule has 1 atom stereocenters. The van der Waals surface area contributed by atoms with Gasteiger partial charge in [-0.15, -0.1) is 0 Å². The fraction of sp³-hybridized carbons (Fsp3) is 0.267. The van der Waals surface area contributed by atoms with Crippen LogP contribution in [0.15, 0.2) is 83.3 Å². The highest BCUT2D eigenvalue weighted by molar-refractivity contribution is 5.97. The highest BCUT2D eigenvalue weighted by Crippen LogP contribution is 2.30. The summed E-state index contributed by atoms with van der Waals surface area (Å²) >= 11 is 0. The zero-order valence-corrected chi connectivity index (χ0v) is 22.4. The predicted molar refractivity (Wildman–Crippen MR) is 153 cm³/mol. The van der Waals surface area contributed by atoms with Gasteiger partial charge >= 0.3 is 5.69 Å². The lowest BCUT2D eigenvalue weighted by Gasteiger charge is -2.33. The molecule has 204 valence electrons. The number of para-hydroxylation sites is 1. The van der Waals surface area contributed by atoms with E-state index in [9.17, 15) is 14.9 Å². The number of nitriles is 1. The lowest BCUT2D eigenvalue weighted by molar-refractivity contribution is -0.128. The van der Waals surface area contributed by atoms with Crippen molar-refractivity contribution in [2.24, 2.45) is 5.73 Å². The summed E-state index contributed by atoms with van der Waals surface area (Å²) in [5.74, 6) is 1.17. The largest absolute Gasteiger partial charge is 0.457 e. The summed E-state index contributed by atoms with van der Waals surface area (Å²) in [5, 5.41) is 9.61. The van der Waals surface area contributed by atoms with Crippen LogP contribution < -0.4 is 21.9 Å². The first-order chi connectivity index (χ1) is 19.2. The monoisotopic (exact) mass is 537 g/mol. The Hall–Kier alpha value is -4.88. The third kappa shape index (κ3) is 5.32. The van der Waals surface area contributed by atoms with Gasteiger partial charge in [-0.1, -0.05) is 18.2 Å². The molecule has 1 saturated heterocycles. The molecule has 1 unspecified atom stereocenters. The number of nitrogens with zero attached hydrogens (tertiary/aromatic N) is 5. The minimum atomic E-state index is -0.813. The van der Waals surface area contributed by atoms with E-state index in [0.717, 1.165) is 0 Å². The fourth-order valence-corrected chi connectivity index (χ4v) is 5.10. The van der Waals surface area contributed by atoms with Crippen LogP contribution in [0.3, 0.4) is 0 Å². The number of piperidine rings is 1. The number of benzene rings is 2. The van der Waals surface area contributed by atoms with E-state index in [4.69, 9.17) is 16.2 Å². The van der Waals surface area contributed by atoms with Crippen molar-refractivity contribution < 1.29 is 9.53 Å². The molecule has 5 rings (SSSR count). The standard InChI is InChI=1S/C30H31N7O3/c1-30(2,33)17-20(18-31)28(38)35-16-6-7-22(19-35)36-25-14-15-34-27(32)26(25)37(29(36)39)21-10-12-24(13-11-21)40-23-8-4-3-5-9-23/h3-5,8-15,17,22H,6-7,16,19,33H2,1-2H3,(H2,32,34). The first-order valence-corrected chi connectivity index (χ1v) is 13.1. The number of carbonyl (C=O) groups excluding carboxylic acids is 1.